The molecule has 1 aromatic heterocycles. The number of hydrogen-bond acceptors (Lipinski definition) is 5. The quantitative estimate of drug-likeness (QED) is 0.621. The summed E-state index contributed by atoms with van der Waals surface area (Å²) < 4.78 is 6.27. The third-order valence-corrected chi connectivity index (χ3v) is 2.69. The Labute approximate surface area is 104 Å². The van der Waals surface area contributed by atoms with Crippen LogP contribution in [0.4, 0.5) is 5.69 Å². The lowest BCUT2D eigenvalue weighted by Gasteiger charge is -2.09. The molecular weight excluding hydrogens is 234 g/mol. The first-order valence-electron chi connectivity index (χ1n) is 5.53. The average Bonchev–Trinajstić information content (AvgIpc) is 2.67. The molecule has 6 heteroatoms. The van der Waals surface area contributed by atoms with Crippen LogP contribution in [0.3, 0.4) is 0 Å². The first kappa shape index (κ1) is 12.4. The molecule has 6 nitrogen and oxygen atoms in total. The van der Waals surface area contributed by atoms with E-state index in [0.717, 1.165) is 5.52 Å². The van der Waals surface area contributed by atoms with Gasteiger partial charge in [0.25, 0.3) is 0 Å². The number of hydrogen-bond donors (Lipinski definition) is 2. The Kier molecular flexibility index (Phi) is 3.20. The highest BCUT2D eigenvalue weighted by atomic mass is 16.5. The molecule has 0 bridgehead atoms. The number of esters is 1. The molecule has 2 aromatic rings. The van der Waals surface area contributed by atoms with Crippen molar-refractivity contribution in [2.75, 3.05) is 12.8 Å². The van der Waals surface area contributed by atoms with Gasteiger partial charge in [-0.25, -0.2) is 4.98 Å². The number of aromatic nitrogens is 2. The fourth-order valence-electron chi connectivity index (χ4n) is 1.84. The van der Waals surface area contributed by atoms with E-state index >= 15 is 0 Å². The van der Waals surface area contributed by atoms with Crippen LogP contribution in [0.25, 0.3) is 11.0 Å². The Morgan fingerprint density at radius 2 is 2.33 bits per heavy atom. The van der Waals surface area contributed by atoms with Crippen molar-refractivity contribution in [1.29, 1.82) is 0 Å². The van der Waals surface area contributed by atoms with Gasteiger partial charge in [-0.2, -0.15) is 0 Å². The molecule has 0 aliphatic rings. The van der Waals surface area contributed by atoms with Gasteiger partial charge >= 0.3 is 5.97 Å². The summed E-state index contributed by atoms with van der Waals surface area (Å²) in [5, 5.41) is 9.69. The number of fused-ring (bicyclic) bond motifs is 1. The number of anilines is 1. The summed E-state index contributed by atoms with van der Waals surface area (Å²) in [5.74, 6) is 0.0222. The van der Waals surface area contributed by atoms with Gasteiger partial charge in [0.2, 0.25) is 0 Å². The Balaban J connectivity index is 2.59. The van der Waals surface area contributed by atoms with Gasteiger partial charge in [-0.15, -0.1) is 0 Å². The molecule has 2 rings (SSSR count). The third-order valence-electron chi connectivity index (χ3n) is 2.69. The average molecular weight is 249 g/mol. The highest BCUT2D eigenvalue weighted by Crippen LogP contribution is 2.22. The molecule has 0 amide bonds. The molecule has 0 aliphatic carbocycles. The number of aliphatic hydroxyl groups excluding tert-OH is 1. The van der Waals surface area contributed by atoms with Crippen LogP contribution in [-0.4, -0.2) is 27.7 Å². The molecule has 0 fully saturated rings. The molecule has 1 unspecified atom stereocenters. The van der Waals surface area contributed by atoms with E-state index in [9.17, 15) is 9.90 Å². The molecule has 1 aromatic carbocycles. The van der Waals surface area contributed by atoms with Gasteiger partial charge in [0.1, 0.15) is 18.5 Å². The molecule has 1 heterocycles. The standard InChI is InChI=1S/C12H15N3O3/c1-7(16)12-14-9-5-8(13)3-4-10(9)15(12)6-11(17)18-2/h3-5,7,16H,6,13H2,1-2H3. The van der Waals surface area contributed by atoms with Crippen molar-refractivity contribution in [3.8, 4) is 0 Å². The number of aliphatic hydroxyl groups is 1. The number of carbonyl (C=O) groups excluding carboxylic acids is 1. The number of nitrogens with zero attached hydrogens (tertiary/aromatic N) is 2. The van der Waals surface area contributed by atoms with E-state index in [1.807, 2.05) is 0 Å². The lowest BCUT2D eigenvalue weighted by Crippen LogP contribution is -2.15. The van der Waals surface area contributed by atoms with Crippen molar-refractivity contribution in [3.63, 3.8) is 0 Å². The minimum Gasteiger partial charge on any atom is -0.468 e. The van der Waals surface area contributed by atoms with Crippen molar-refractivity contribution in [2.24, 2.45) is 0 Å². The zero-order chi connectivity index (χ0) is 13.3. The molecule has 0 spiro atoms. The molecule has 0 saturated carbocycles. The van der Waals surface area contributed by atoms with Crippen molar-refractivity contribution in [1.82, 2.24) is 9.55 Å². The summed E-state index contributed by atoms with van der Waals surface area (Å²) in [5.41, 5.74) is 7.66. The van der Waals surface area contributed by atoms with E-state index in [-0.39, 0.29) is 6.54 Å². The number of nitrogens with two attached hydrogens (primary N) is 1. The minimum atomic E-state index is -0.775. The van der Waals surface area contributed by atoms with Crippen molar-refractivity contribution in [2.45, 2.75) is 19.6 Å². The first-order valence-corrected chi connectivity index (χ1v) is 5.53. The van der Waals surface area contributed by atoms with Crippen LogP contribution in [0.2, 0.25) is 0 Å². The Morgan fingerprint density at radius 1 is 1.61 bits per heavy atom. The summed E-state index contributed by atoms with van der Waals surface area (Å²) >= 11 is 0. The van der Waals surface area contributed by atoms with Crippen LogP contribution >= 0.6 is 0 Å². The van der Waals surface area contributed by atoms with Crippen LogP contribution in [0.15, 0.2) is 18.2 Å². The van der Waals surface area contributed by atoms with E-state index in [0.29, 0.717) is 17.0 Å². The zero-order valence-corrected chi connectivity index (χ0v) is 10.3. The largest absolute Gasteiger partial charge is 0.468 e. The second-order valence-corrected chi connectivity index (χ2v) is 4.06. The molecule has 96 valence electrons. The van der Waals surface area contributed by atoms with Crippen LogP contribution in [0.1, 0.15) is 18.9 Å². The Morgan fingerprint density at radius 3 is 2.94 bits per heavy atom. The van der Waals surface area contributed by atoms with Crippen molar-refractivity contribution in [3.05, 3.63) is 24.0 Å². The van der Waals surface area contributed by atoms with Gasteiger partial charge in [0.15, 0.2) is 0 Å². The monoisotopic (exact) mass is 249 g/mol. The van der Waals surface area contributed by atoms with E-state index in [1.54, 1.807) is 29.7 Å². The first-order chi connectivity index (χ1) is 8.52. The number of rotatable bonds is 3. The fraction of sp³-hybridized carbons (Fsp3) is 0.333. The summed E-state index contributed by atoms with van der Waals surface area (Å²) in [7, 11) is 1.32. The van der Waals surface area contributed by atoms with Crippen LogP contribution in [0.5, 0.6) is 0 Å². The Bertz CT molecular complexity index is 590. The summed E-state index contributed by atoms with van der Waals surface area (Å²) in [6, 6.07) is 5.20. The SMILES string of the molecule is COC(=O)Cn1c(C(C)O)nc2cc(N)ccc21. The number of benzene rings is 1. The van der Waals surface area contributed by atoms with Gasteiger partial charge in [-0.05, 0) is 25.1 Å². The second kappa shape index (κ2) is 4.66. The smallest absolute Gasteiger partial charge is 0.325 e. The predicted octanol–water partition coefficient (Wildman–Crippen LogP) is 0.845. The zero-order valence-electron chi connectivity index (χ0n) is 10.3. The van der Waals surface area contributed by atoms with Crippen LogP contribution < -0.4 is 5.73 Å². The number of methoxy groups -OCH3 is 1. The molecule has 3 N–H and O–H groups in total. The third kappa shape index (κ3) is 2.14. The number of carbonyl (C=O) groups is 1. The van der Waals surface area contributed by atoms with Gasteiger partial charge in [0, 0.05) is 5.69 Å². The maximum Gasteiger partial charge on any atom is 0.325 e. The van der Waals surface area contributed by atoms with E-state index in [2.05, 4.69) is 9.72 Å². The maximum absolute atomic E-state index is 11.4. The highest BCUT2D eigenvalue weighted by molar-refractivity contribution is 5.81. The summed E-state index contributed by atoms with van der Waals surface area (Å²) in [6.07, 6.45) is -0.775. The lowest BCUT2D eigenvalue weighted by atomic mass is 10.3. The van der Waals surface area contributed by atoms with Crippen LogP contribution in [0, 0.1) is 0 Å². The fourth-order valence-corrected chi connectivity index (χ4v) is 1.84. The normalized spacial score (nSPS) is 12.6. The molecule has 0 saturated heterocycles. The van der Waals surface area contributed by atoms with E-state index < -0.39 is 12.1 Å². The number of nitrogen functional groups attached to an aromatic ring is 1. The molecule has 0 radical (unpaired) electrons. The van der Waals surface area contributed by atoms with Gasteiger partial charge < -0.3 is 20.1 Å². The van der Waals surface area contributed by atoms with E-state index in [1.165, 1.54) is 7.11 Å². The molecule has 1 atom stereocenters. The van der Waals surface area contributed by atoms with Gasteiger partial charge in [-0.1, -0.05) is 0 Å². The highest BCUT2D eigenvalue weighted by Gasteiger charge is 2.17. The summed E-state index contributed by atoms with van der Waals surface area (Å²) in [6.45, 7) is 1.61. The van der Waals surface area contributed by atoms with Crippen molar-refractivity contribution < 1.29 is 14.6 Å². The molecule has 18 heavy (non-hydrogen) atoms. The van der Waals surface area contributed by atoms with Crippen molar-refractivity contribution >= 4 is 22.7 Å². The molecule has 0 aliphatic heterocycles. The number of imidazole rings is 1. The Hall–Kier alpha value is -2.08. The lowest BCUT2D eigenvalue weighted by molar-refractivity contribution is -0.141. The van der Waals surface area contributed by atoms with E-state index in [4.69, 9.17) is 5.73 Å². The van der Waals surface area contributed by atoms with Crippen LogP contribution in [-0.2, 0) is 16.1 Å². The second-order valence-electron chi connectivity index (χ2n) is 4.06. The topological polar surface area (TPSA) is 90.4 Å². The number of ether oxygens (including phenoxy) is 1. The maximum atomic E-state index is 11.4. The minimum absolute atomic E-state index is 0.0111. The predicted molar refractivity (Wildman–Crippen MR) is 66.8 cm³/mol. The molecular formula is C12H15N3O3. The van der Waals surface area contributed by atoms with Gasteiger partial charge in [-0.3, -0.25) is 4.79 Å². The van der Waals surface area contributed by atoms with Gasteiger partial charge in [0.05, 0.1) is 18.1 Å². The summed E-state index contributed by atoms with van der Waals surface area (Å²) in [4.78, 5) is 15.7.